The van der Waals surface area contributed by atoms with Gasteiger partial charge in [0.1, 0.15) is 0 Å². The molecule has 8 heavy (non-hydrogen) atoms. The van der Waals surface area contributed by atoms with Crippen molar-refractivity contribution >= 4 is 0 Å². The highest BCUT2D eigenvalue weighted by Crippen LogP contribution is 1.95. The first-order valence-electron chi connectivity index (χ1n) is 3.14. The van der Waals surface area contributed by atoms with E-state index in [0.717, 1.165) is 12.8 Å². The molecule has 0 aliphatic carbocycles. The Kier molecular flexibility index (Phi) is 3.83. The smallest absolute Gasteiger partial charge is 0.00110 e. The highest BCUT2D eigenvalue weighted by Gasteiger charge is 1.96. The van der Waals surface area contributed by atoms with Crippen LogP contribution in [0.25, 0.3) is 0 Å². The molecule has 4 N–H and O–H groups in total. The van der Waals surface area contributed by atoms with E-state index in [1.807, 2.05) is 13.8 Å². The predicted molar refractivity (Wildman–Crippen MR) is 36.5 cm³/mol. The molecule has 0 aliphatic heterocycles. The van der Waals surface area contributed by atoms with E-state index in [0.29, 0.717) is 12.1 Å². The maximum atomic E-state index is 5.49. The molecule has 0 saturated heterocycles. The SMILES string of the molecule is CC(N)CC[C@H](C)N. The number of rotatable bonds is 3. The van der Waals surface area contributed by atoms with Crippen molar-refractivity contribution in [1.82, 2.24) is 0 Å². The monoisotopic (exact) mass is 116 g/mol. The summed E-state index contributed by atoms with van der Waals surface area (Å²) in [7, 11) is 0. The summed E-state index contributed by atoms with van der Waals surface area (Å²) in [6, 6.07) is 0.613. The van der Waals surface area contributed by atoms with Crippen molar-refractivity contribution in [2.75, 3.05) is 0 Å². The van der Waals surface area contributed by atoms with E-state index in [4.69, 9.17) is 11.5 Å². The van der Waals surface area contributed by atoms with Crippen molar-refractivity contribution in [3.8, 4) is 0 Å². The molecule has 0 aromatic carbocycles. The summed E-state index contributed by atoms with van der Waals surface area (Å²) in [6.45, 7) is 4.00. The van der Waals surface area contributed by atoms with Crippen LogP contribution in [0.4, 0.5) is 0 Å². The minimum Gasteiger partial charge on any atom is -0.328 e. The van der Waals surface area contributed by atoms with Gasteiger partial charge in [-0.3, -0.25) is 0 Å². The van der Waals surface area contributed by atoms with E-state index < -0.39 is 0 Å². The molecule has 1 unspecified atom stereocenters. The Morgan fingerprint density at radius 1 is 1.00 bits per heavy atom. The maximum Gasteiger partial charge on any atom is 0.00110 e. The van der Waals surface area contributed by atoms with Gasteiger partial charge in [-0.05, 0) is 26.7 Å². The molecule has 0 spiro atoms. The van der Waals surface area contributed by atoms with Gasteiger partial charge in [-0.25, -0.2) is 0 Å². The first kappa shape index (κ1) is 7.92. The van der Waals surface area contributed by atoms with Crippen LogP contribution in [0.2, 0.25) is 0 Å². The Bertz CT molecular complexity index is 42.5. The van der Waals surface area contributed by atoms with E-state index in [2.05, 4.69) is 0 Å². The first-order valence-corrected chi connectivity index (χ1v) is 3.14. The van der Waals surface area contributed by atoms with Crippen molar-refractivity contribution in [2.45, 2.75) is 38.8 Å². The summed E-state index contributed by atoms with van der Waals surface area (Å²) in [5, 5.41) is 0. The zero-order chi connectivity index (χ0) is 6.57. The van der Waals surface area contributed by atoms with Crippen LogP contribution in [0.5, 0.6) is 0 Å². The van der Waals surface area contributed by atoms with Crippen LogP contribution < -0.4 is 11.5 Å². The third-order valence-corrected chi connectivity index (χ3v) is 1.08. The molecular formula is C6H16N2. The lowest BCUT2D eigenvalue weighted by Crippen LogP contribution is -2.21. The third kappa shape index (κ3) is 5.92. The quantitative estimate of drug-likeness (QED) is 0.563. The molecule has 0 saturated carbocycles. The second-order valence-electron chi connectivity index (χ2n) is 2.53. The average molecular weight is 116 g/mol. The lowest BCUT2D eigenvalue weighted by Gasteiger charge is -2.06. The van der Waals surface area contributed by atoms with Gasteiger partial charge in [0.05, 0.1) is 0 Å². The fourth-order valence-corrected chi connectivity index (χ4v) is 0.526. The van der Waals surface area contributed by atoms with Gasteiger partial charge in [-0.1, -0.05) is 0 Å². The van der Waals surface area contributed by atoms with Crippen molar-refractivity contribution in [2.24, 2.45) is 11.5 Å². The fraction of sp³-hybridized carbons (Fsp3) is 1.00. The number of nitrogens with two attached hydrogens (primary N) is 2. The summed E-state index contributed by atoms with van der Waals surface area (Å²) in [4.78, 5) is 0. The molecule has 0 aromatic rings. The molecule has 0 bridgehead atoms. The van der Waals surface area contributed by atoms with Gasteiger partial charge in [0.2, 0.25) is 0 Å². The Balaban J connectivity index is 2.93. The standard InChI is InChI=1S/C6H16N2/c1-5(7)3-4-6(2)8/h5-6H,3-4,7-8H2,1-2H3/t5-,6?/m0/s1. The van der Waals surface area contributed by atoms with Crippen molar-refractivity contribution in [3.05, 3.63) is 0 Å². The van der Waals surface area contributed by atoms with Gasteiger partial charge < -0.3 is 11.5 Å². The first-order chi connectivity index (χ1) is 3.63. The molecule has 2 heteroatoms. The summed E-state index contributed by atoms with van der Waals surface area (Å²) < 4.78 is 0. The predicted octanol–water partition coefficient (Wildman–Crippen LogP) is 0.461. The highest BCUT2D eigenvalue weighted by atomic mass is 14.6. The second kappa shape index (κ2) is 3.87. The zero-order valence-corrected chi connectivity index (χ0v) is 5.72. The fourth-order valence-electron chi connectivity index (χ4n) is 0.526. The van der Waals surface area contributed by atoms with Crippen LogP contribution in [0.3, 0.4) is 0 Å². The van der Waals surface area contributed by atoms with Crippen molar-refractivity contribution in [3.63, 3.8) is 0 Å². The molecule has 2 nitrogen and oxygen atoms in total. The summed E-state index contributed by atoms with van der Waals surface area (Å²) in [6.07, 6.45) is 2.08. The van der Waals surface area contributed by atoms with Crippen LogP contribution >= 0.6 is 0 Å². The Labute approximate surface area is 51.2 Å². The summed E-state index contributed by atoms with van der Waals surface area (Å²) in [5.41, 5.74) is 11.0. The van der Waals surface area contributed by atoms with Crippen LogP contribution in [-0.4, -0.2) is 12.1 Å². The van der Waals surface area contributed by atoms with Crippen LogP contribution in [0.1, 0.15) is 26.7 Å². The van der Waals surface area contributed by atoms with Gasteiger partial charge in [0.25, 0.3) is 0 Å². The van der Waals surface area contributed by atoms with Crippen LogP contribution in [-0.2, 0) is 0 Å². The highest BCUT2D eigenvalue weighted by molar-refractivity contribution is 4.58. The Morgan fingerprint density at radius 2 is 1.25 bits per heavy atom. The molecule has 0 aromatic heterocycles. The van der Waals surface area contributed by atoms with Gasteiger partial charge >= 0.3 is 0 Å². The third-order valence-electron chi connectivity index (χ3n) is 1.08. The minimum absolute atomic E-state index is 0.306. The van der Waals surface area contributed by atoms with Gasteiger partial charge in [-0.15, -0.1) is 0 Å². The second-order valence-corrected chi connectivity index (χ2v) is 2.53. The minimum atomic E-state index is 0.306. The van der Waals surface area contributed by atoms with E-state index in [1.54, 1.807) is 0 Å². The molecule has 50 valence electrons. The maximum absolute atomic E-state index is 5.49. The molecule has 0 radical (unpaired) electrons. The van der Waals surface area contributed by atoms with Crippen LogP contribution in [0, 0.1) is 0 Å². The Morgan fingerprint density at radius 3 is 1.38 bits per heavy atom. The Hall–Kier alpha value is -0.0800. The van der Waals surface area contributed by atoms with E-state index in [-0.39, 0.29) is 0 Å². The molecule has 0 amide bonds. The largest absolute Gasteiger partial charge is 0.328 e. The molecular weight excluding hydrogens is 100 g/mol. The lowest BCUT2D eigenvalue weighted by molar-refractivity contribution is 0.564. The molecule has 0 rings (SSSR count). The van der Waals surface area contributed by atoms with Gasteiger partial charge in [-0.2, -0.15) is 0 Å². The van der Waals surface area contributed by atoms with Gasteiger partial charge in [0, 0.05) is 12.1 Å². The number of hydrogen-bond donors (Lipinski definition) is 2. The van der Waals surface area contributed by atoms with Crippen molar-refractivity contribution in [1.29, 1.82) is 0 Å². The molecule has 0 fully saturated rings. The van der Waals surface area contributed by atoms with E-state index in [9.17, 15) is 0 Å². The van der Waals surface area contributed by atoms with Crippen LogP contribution in [0.15, 0.2) is 0 Å². The molecule has 2 atom stereocenters. The topological polar surface area (TPSA) is 52.0 Å². The van der Waals surface area contributed by atoms with Crippen molar-refractivity contribution < 1.29 is 0 Å². The average Bonchev–Trinajstić information content (AvgIpc) is 1.61. The molecule has 0 aliphatic rings. The van der Waals surface area contributed by atoms with E-state index >= 15 is 0 Å². The normalized spacial score (nSPS) is 18.0. The number of hydrogen-bond acceptors (Lipinski definition) is 2. The molecule has 0 heterocycles. The van der Waals surface area contributed by atoms with E-state index in [1.165, 1.54) is 0 Å². The lowest BCUT2D eigenvalue weighted by atomic mass is 10.1. The summed E-state index contributed by atoms with van der Waals surface area (Å²) in [5.74, 6) is 0. The zero-order valence-electron chi connectivity index (χ0n) is 5.72. The van der Waals surface area contributed by atoms with Gasteiger partial charge in [0.15, 0.2) is 0 Å². The summed E-state index contributed by atoms with van der Waals surface area (Å²) >= 11 is 0.